The van der Waals surface area contributed by atoms with Crippen molar-refractivity contribution < 1.29 is 23.1 Å². The molecule has 1 aliphatic heterocycles. The standard InChI is InChI=1S/C13H16F3N3O2/c14-13(15,16)10-6-7-17-12(18-10)19-8-2-1-3-9(19)4-5-11(20)21/h6-7,9H,1-5,8H2,(H,20,21). The molecular weight excluding hydrogens is 287 g/mol. The van der Waals surface area contributed by atoms with Crippen molar-refractivity contribution in [1.82, 2.24) is 9.97 Å². The number of hydrogen-bond donors (Lipinski definition) is 1. The third-order valence-electron chi connectivity index (χ3n) is 3.51. The van der Waals surface area contributed by atoms with Gasteiger partial charge in [-0.05, 0) is 31.7 Å². The molecule has 0 amide bonds. The molecule has 0 aliphatic carbocycles. The first-order valence-electron chi connectivity index (χ1n) is 6.76. The van der Waals surface area contributed by atoms with E-state index < -0.39 is 17.8 Å². The molecule has 5 nitrogen and oxygen atoms in total. The van der Waals surface area contributed by atoms with Crippen LogP contribution in [0.5, 0.6) is 0 Å². The fourth-order valence-electron chi connectivity index (χ4n) is 2.50. The van der Waals surface area contributed by atoms with E-state index in [9.17, 15) is 18.0 Å². The Hall–Kier alpha value is -1.86. The number of aromatic nitrogens is 2. The van der Waals surface area contributed by atoms with Crippen molar-refractivity contribution in [2.75, 3.05) is 11.4 Å². The first-order valence-corrected chi connectivity index (χ1v) is 6.76. The molecule has 1 aliphatic rings. The van der Waals surface area contributed by atoms with E-state index in [0.717, 1.165) is 31.5 Å². The van der Waals surface area contributed by atoms with E-state index >= 15 is 0 Å². The highest BCUT2D eigenvalue weighted by atomic mass is 19.4. The average molecular weight is 303 g/mol. The van der Waals surface area contributed by atoms with Gasteiger partial charge >= 0.3 is 12.1 Å². The Morgan fingerprint density at radius 1 is 1.43 bits per heavy atom. The molecule has 1 unspecified atom stereocenters. The van der Waals surface area contributed by atoms with Gasteiger partial charge in [0.1, 0.15) is 5.69 Å². The second kappa shape index (κ2) is 6.28. The molecular formula is C13H16F3N3O2. The van der Waals surface area contributed by atoms with E-state index in [-0.39, 0.29) is 18.4 Å². The lowest BCUT2D eigenvalue weighted by Crippen LogP contribution is -2.41. The zero-order valence-electron chi connectivity index (χ0n) is 11.3. The number of carboxylic acid groups (broad SMARTS) is 1. The fourth-order valence-corrected chi connectivity index (χ4v) is 2.50. The van der Waals surface area contributed by atoms with Crippen LogP contribution in [0.2, 0.25) is 0 Å². The van der Waals surface area contributed by atoms with E-state index in [2.05, 4.69) is 9.97 Å². The van der Waals surface area contributed by atoms with Crippen molar-refractivity contribution in [3.8, 4) is 0 Å². The monoisotopic (exact) mass is 303 g/mol. The maximum Gasteiger partial charge on any atom is 0.433 e. The molecule has 0 saturated carbocycles. The predicted octanol–water partition coefficient (Wildman–Crippen LogP) is 2.72. The van der Waals surface area contributed by atoms with Crippen LogP contribution in [0.4, 0.5) is 19.1 Å². The lowest BCUT2D eigenvalue weighted by Gasteiger charge is -2.35. The number of carbonyl (C=O) groups is 1. The van der Waals surface area contributed by atoms with Crippen molar-refractivity contribution in [3.05, 3.63) is 18.0 Å². The van der Waals surface area contributed by atoms with Gasteiger partial charge in [-0.2, -0.15) is 13.2 Å². The van der Waals surface area contributed by atoms with E-state index in [1.807, 2.05) is 0 Å². The van der Waals surface area contributed by atoms with Gasteiger partial charge in [0.15, 0.2) is 0 Å². The maximum absolute atomic E-state index is 12.7. The van der Waals surface area contributed by atoms with Gasteiger partial charge in [0.25, 0.3) is 0 Å². The summed E-state index contributed by atoms with van der Waals surface area (Å²) >= 11 is 0. The Labute approximate surface area is 119 Å². The van der Waals surface area contributed by atoms with Gasteiger partial charge in [-0.25, -0.2) is 9.97 Å². The number of alkyl halides is 3. The molecule has 1 atom stereocenters. The number of piperidine rings is 1. The third kappa shape index (κ3) is 4.05. The van der Waals surface area contributed by atoms with Gasteiger partial charge in [-0.3, -0.25) is 4.79 Å². The Morgan fingerprint density at radius 3 is 2.86 bits per heavy atom. The summed E-state index contributed by atoms with van der Waals surface area (Å²) < 4.78 is 38.1. The first-order chi connectivity index (χ1) is 9.88. The van der Waals surface area contributed by atoms with Crippen molar-refractivity contribution in [1.29, 1.82) is 0 Å². The van der Waals surface area contributed by atoms with Crippen LogP contribution in [0, 0.1) is 0 Å². The normalized spacial score (nSPS) is 19.6. The van der Waals surface area contributed by atoms with Crippen molar-refractivity contribution in [2.45, 2.75) is 44.3 Å². The van der Waals surface area contributed by atoms with Crippen LogP contribution in [0.25, 0.3) is 0 Å². The van der Waals surface area contributed by atoms with Gasteiger partial charge in [-0.15, -0.1) is 0 Å². The van der Waals surface area contributed by atoms with Crippen LogP contribution >= 0.6 is 0 Å². The summed E-state index contributed by atoms with van der Waals surface area (Å²) in [6, 6.07) is 0.706. The molecule has 1 fully saturated rings. The summed E-state index contributed by atoms with van der Waals surface area (Å²) in [4.78, 5) is 19.9. The zero-order chi connectivity index (χ0) is 15.5. The minimum Gasteiger partial charge on any atom is -0.481 e. The van der Waals surface area contributed by atoms with Crippen LogP contribution in [0.3, 0.4) is 0 Å². The molecule has 1 N–H and O–H groups in total. The van der Waals surface area contributed by atoms with Gasteiger partial charge in [0.2, 0.25) is 5.95 Å². The van der Waals surface area contributed by atoms with Crippen molar-refractivity contribution >= 4 is 11.9 Å². The second-order valence-corrected chi connectivity index (χ2v) is 5.02. The maximum atomic E-state index is 12.7. The van der Waals surface area contributed by atoms with Gasteiger partial charge in [0.05, 0.1) is 0 Å². The summed E-state index contributed by atoms with van der Waals surface area (Å²) in [5, 5.41) is 8.75. The third-order valence-corrected chi connectivity index (χ3v) is 3.51. The summed E-state index contributed by atoms with van der Waals surface area (Å²) in [5.74, 6) is -0.884. The molecule has 8 heteroatoms. The molecule has 1 aromatic rings. The average Bonchev–Trinajstić information content (AvgIpc) is 2.44. The Bertz CT molecular complexity index is 508. The smallest absolute Gasteiger partial charge is 0.433 e. The highest BCUT2D eigenvalue weighted by molar-refractivity contribution is 5.66. The van der Waals surface area contributed by atoms with Crippen LogP contribution in [-0.2, 0) is 11.0 Å². The zero-order valence-corrected chi connectivity index (χ0v) is 11.3. The Balaban J connectivity index is 2.19. The molecule has 0 radical (unpaired) electrons. The fraction of sp³-hybridized carbons (Fsp3) is 0.615. The molecule has 116 valence electrons. The SMILES string of the molecule is O=C(O)CCC1CCCCN1c1nccc(C(F)(F)F)n1. The topological polar surface area (TPSA) is 66.3 Å². The highest BCUT2D eigenvalue weighted by Crippen LogP contribution is 2.30. The number of halogens is 3. The molecule has 0 aromatic carbocycles. The van der Waals surface area contributed by atoms with Crippen LogP contribution in [-0.4, -0.2) is 33.6 Å². The molecule has 21 heavy (non-hydrogen) atoms. The van der Waals surface area contributed by atoms with Crippen molar-refractivity contribution in [2.24, 2.45) is 0 Å². The van der Waals surface area contributed by atoms with Crippen LogP contribution in [0.15, 0.2) is 12.3 Å². The molecule has 1 saturated heterocycles. The van der Waals surface area contributed by atoms with E-state index in [4.69, 9.17) is 5.11 Å². The molecule has 2 rings (SSSR count). The number of carboxylic acids is 1. The predicted molar refractivity (Wildman–Crippen MR) is 68.9 cm³/mol. The quantitative estimate of drug-likeness (QED) is 0.926. The number of hydrogen-bond acceptors (Lipinski definition) is 4. The Morgan fingerprint density at radius 2 is 2.19 bits per heavy atom. The van der Waals surface area contributed by atoms with E-state index in [1.165, 1.54) is 0 Å². The molecule has 0 bridgehead atoms. The molecule has 1 aromatic heterocycles. The van der Waals surface area contributed by atoms with Gasteiger partial charge in [0, 0.05) is 25.2 Å². The molecule has 2 heterocycles. The lowest BCUT2D eigenvalue weighted by atomic mass is 9.98. The second-order valence-electron chi connectivity index (χ2n) is 5.02. The summed E-state index contributed by atoms with van der Waals surface area (Å²) in [6.45, 7) is 0.547. The minimum absolute atomic E-state index is 0.0138. The van der Waals surface area contributed by atoms with E-state index in [0.29, 0.717) is 13.0 Å². The van der Waals surface area contributed by atoms with Crippen molar-refractivity contribution in [3.63, 3.8) is 0 Å². The number of anilines is 1. The summed E-state index contributed by atoms with van der Waals surface area (Å²) in [5.41, 5.74) is -0.977. The summed E-state index contributed by atoms with van der Waals surface area (Å²) in [7, 11) is 0. The first kappa shape index (κ1) is 15.5. The lowest BCUT2D eigenvalue weighted by molar-refractivity contribution is -0.141. The highest BCUT2D eigenvalue weighted by Gasteiger charge is 2.34. The summed E-state index contributed by atoms with van der Waals surface area (Å²) in [6.07, 6.45) is -0.539. The Kier molecular flexibility index (Phi) is 4.64. The largest absolute Gasteiger partial charge is 0.481 e. The van der Waals surface area contributed by atoms with Gasteiger partial charge in [-0.1, -0.05) is 0 Å². The van der Waals surface area contributed by atoms with Crippen LogP contribution in [0.1, 0.15) is 37.8 Å². The van der Waals surface area contributed by atoms with Gasteiger partial charge < -0.3 is 10.0 Å². The number of aliphatic carboxylic acids is 1. The number of nitrogens with zero attached hydrogens (tertiary/aromatic N) is 3. The molecule has 0 spiro atoms. The van der Waals surface area contributed by atoms with E-state index in [1.54, 1.807) is 4.90 Å². The number of rotatable bonds is 4. The minimum atomic E-state index is -4.51. The van der Waals surface area contributed by atoms with Crippen LogP contribution < -0.4 is 4.90 Å².